The highest BCUT2D eigenvalue weighted by atomic mass is 16.6. The Morgan fingerprint density at radius 1 is 0.610 bits per heavy atom. The molecule has 0 aliphatic heterocycles. The van der Waals surface area contributed by atoms with Crippen molar-refractivity contribution in [1.82, 2.24) is 10.6 Å². The minimum Gasteiger partial charge on any atom is -0.449 e. The summed E-state index contributed by atoms with van der Waals surface area (Å²) in [6.07, 6.45) is -1.38. The van der Waals surface area contributed by atoms with E-state index in [-0.39, 0.29) is 37.4 Å². The van der Waals surface area contributed by atoms with Crippen molar-refractivity contribution in [3.63, 3.8) is 0 Å². The van der Waals surface area contributed by atoms with Gasteiger partial charge in [0.1, 0.15) is 19.3 Å². The van der Waals surface area contributed by atoms with Gasteiger partial charge in [0, 0.05) is 18.4 Å². The van der Waals surface area contributed by atoms with Crippen LogP contribution in [0, 0.1) is 0 Å². The number of ether oxygens (including phenoxy) is 2. The summed E-state index contributed by atoms with van der Waals surface area (Å²) < 4.78 is 11.1. The van der Waals surface area contributed by atoms with E-state index < -0.39 is 18.2 Å². The van der Waals surface area contributed by atoms with Crippen molar-refractivity contribution in [3.8, 4) is 22.3 Å². The summed E-state index contributed by atoms with van der Waals surface area (Å²) in [5, 5.41) is 5.20. The van der Waals surface area contributed by atoms with Crippen molar-refractivity contribution < 1.29 is 23.9 Å². The topological polar surface area (TPSA) is 93.7 Å². The molecule has 2 aliphatic rings. The first-order chi connectivity index (χ1) is 20.0. The second kappa shape index (κ2) is 11.3. The molecule has 4 aromatic rings. The molecule has 7 nitrogen and oxygen atoms in total. The van der Waals surface area contributed by atoms with Crippen LogP contribution >= 0.6 is 0 Å². The maximum Gasteiger partial charge on any atom is 0.407 e. The maximum absolute atomic E-state index is 12.7. The molecule has 2 N–H and O–H groups in total. The summed E-state index contributed by atoms with van der Waals surface area (Å²) in [6, 6.07) is 31.4. The van der Waals surface area contributed by atoms with Gasteiger partial charge in [0.2, 0.25) is 0 Å². The monoisotopic (exact) mass is 546 g/mol. The smallest absolute Gasteiger partial charge is 0.407 e. The lowest BCUT2D eigenvalue weighted by atomic mass is 9.98. The predicted molar refractivity (Wildman–Crippen MR) is 156 cm³/mol. The molecule has 4 aromatic carbocycles. The Morgan fingerprint density at radius 3 is 1.37 bits per heavy atom. The number of hydrogen-bond donors (Lipinski definition) is 2. The van der Waals surface area contributed by atoms with Crippen LogP contribution in [-0.2, 0) is 14.3 Å². The number of alkyl carbamates (subject to hydrolysis) is 2. The molecule has 0 radical (unpaired) electrons. The van der Waals surface area contributed by atoms with Gasteiger partial charge in [-0.1, -0.05) is 97.1 Å². The summed E-state index contributed by atoms with van der Waals surface area (Å²) in [6.45, 7) is 1.53. The number of nitrogens with one attached hydrogen (secondary N) is 2. The zero-order chi connectivity index (χ0) is 28.3. The molecule has 0 heterocycles. The number of benzene rings is 4. The average Bonchev–Trinajstić information content (AvgIpc) is 3.49. The normalized spacial score (nSPS) is 13.8. The highest BCUT2D eigenvalue weighted by molar-refractivity contribution is 5.86. The van der Waals surface area contributed by atoms with E-state index in [1.165, 1.54) is 6.92 Å². The van der Waals surface area contributed by atoms with Gasteiger partial charge in [0.05, 0.1) is 0 Å². The number of fused-ring (bicyclic) bond motifs is 6. The molecule has 2 amide bonds. The van der Waals surface area contributed by atoms with E-state index in [1.54, 1.807) is 0 Å². The van der Waals surface area contributed by atoms with E-state index in [1.807, 2.05) is 72.8 Å². The fraction of sp³-hybridized carbons (Fsp3) is 0.206. The first-order valence-electron chi connectivity index (χ1n) is 13.7. The number of hydrogen-bond acceptors (Lipinski definition) is 5. The van der Waals surface area contributed by atoms with Crippen LogP contribution in [0.15, 0.2) is 97.1 Å². The number of Topliss-reactive ketones (excluding diaryl/α,β-unsaturated/α-hetero) is 1. The van der Waals surface area contributed by atoms with Gasteiger partial charge in [-0.2, -0.15) is 0 Å². The molecule has 206 valence electrons. The summed E-state index contributed by atoms with van der Waals surface area (Å²) >= 11 is 0. The Labute approximate surface area is 238 Å². The third-order valence-electron chi connectivity index (χ3n) is 7.92. The fourth-order valence-corrected chi connectivity index (χ4v) is 5.91. The Hall–Kier alpha value is -4.91. The van der Waals surface area contributed by atoms with Crippen LogP contribution < -0.4 is 10.6 Å². The predicted octanol–water partition coefficient (Wildman–Crippen LogP) is 6.02. The second-order valence-corrected chi connectivity index (χ2v) is 10.3. The molecule has 0 saturated heterocycles. The average molecular weight is 547 g/mol. The summed E-state index contributed by atoms with van der Waals surface area (Å²) in [7, 11) is 0. The molecule has 6 rings (SSSR count). The minimum atomic E-state index is -0.953. The number of rotatable bonds is 8. The van der Waals surface area contributed by atoms with Crippen LogP contribution in [-0.4, -0.2) is 43.8 Å². The number of amides is 2. The van der Waals surface area contributed by atoms with Crippen molar-refractivity contribution in [2.75, 3.05) is 19.8 Å². The van der Waals surface area contributed by atoms with Crippen LogP contribution in [0.5, 0.6) is 0 Å². The molecule has 0 saturated carbocycles. The van der Waals surface area contributed by atoms with Crippen LogP contribution in [0.3, 0.4) is 0 Å². The summed E-state index contributed by atoms with van der Waals surface area (Å²) in [5.41, 5.74) is 8.96. The Kier molecular flexibility index (Phi) is 7.25. The molecule has 7 heteroatoms. The van der Waals surface area contributed by atoms with Gasteiger partial charge in [-0.15, -0.1) is 0 Å². The lowest BCUT2D eigenvalue weighted by Crippen LogP contribution is -2.48. The van der Waals surface area contributed by atoms with Crippen LogP contribution in [0.1, 0.15) is 41.0 Å². The first kappa shape index (κ1) is 26.3. The van der Waals surface area contributed by atoms with Crippen molar-refractivity contribution >= 4 is 18.0 Å². The minimum absolute atomic E-state index is 0.0734. The first-order valence-corrected chi connectivity index (χ1v) is 13.7. The van der Waals surface area contributed by atoms with Crippen molar-refractivity contribution in [2.45, 2.75) is 24.8 Å². The van der Waals surface area contributed by atoms with E-state index in [9.17, 15) is 14.4 Å². The zero-order valence-corrected chi connectivity index (χ0v) is 22.6. The number of ketones is 1. The summed E-state index contributed by atoms with van der Waals surface area (Å²) in [4.78, 5) is 37.5. The SMILES string of the molecule is CC(=O)C(CNC(=O)OCC1c2ccccc2-c2ccccc21)NC(=O)OCC1c2ccccc2-c2ccccc21. The van der Waals surface area contributed by atoms with E-state index in [0.29, 0.717) is 0 Å². The lowest BCUT2D eigenvalue weighted by Gasteiger charge is -2.19. The lowest BCUT2D eigenvalue weighted by molar-refractivity contribution is -0.118. The molecule has 1 unspecified atom stereocenters. The van der Waals surface area contributed by atoms with Gasteiger partial charge >= 0.3 is 12.2 Å². The number of carbonyl (C=O) groups excluding carboxylic acids is 3. The molecule has 0 aromatic heterocycles. The quantitative estimate of drug-likeness (QED) is 0.282. The summed E-state index contributed by atoms with van der Waals surface area (Å²) in [5.74, 6) is -0.476. The van der Waals surface area contributed by atoms with Gasteiger partial charge in [0.15, 0.2) is 5.78 Å². The molecule has 2 aliphatic carbocycles. The van der Waals surface area contributed by atoms with E-state index in [0.717, 1.165) is 44.5 Å². The second-order valence-electron chi connectivity index (χ2n) is 10.3. The molecular formula is C34H30N2O5. The Bertz CT molecular complexity index is 1540. The van der Waals surface area contributed by atoms with Crippen molar-refractivity contribution in [1.29, 1.82) is 0 Å². The molecule has 0 bridgehead atoms. The highest BCUT2D eigenvalue weighted by Gasteiger charge is 2.31. The molecular weight excluding hydrogens is 516 g/mol. The van der Waals surface area contributed by atoms with Gasteiger partial charge in [-0.05, 0) is 51.4 Å². The fourth-order valence-electron chi connectivity index (χ4n) is 5.91. The number of carbonyl (C=O) groups is 3. The van der Waals surface area contributed by atoms with Crippen molar-refractivity contribution in [3.05, 3.63) is 119 Å². The van der Waals surface area contributed by atoms with Crippen molar-refractivity contribution in [2.24, 2.45) is 0 Å². The Balaban J connectivity index is 1.02. The third-order valence-corrected chi connectivity index (χ3v) is 7.92. The van der Waals surface area contributed by atoms with Crippen LogP contribution in [0.2, 0.25) is 0 Å². The molecule has 0 spiro atoms. The van der Waals surface area contributed by atoms with E-state index in [2.05, 4.69) is 34.9 Å². The van der Waals surface area contributed by atoms with Gasteiger partial charge < -0.3 is 20.1 Å². The third kappa shape index (κ3) is 5.18. The van der Waals surface area contributed by atoms with Gasteiger partial charge in [0.25, 0.3) is 0 Å². The van der Waals surface area contributed by atoms with E-state index >= 15 is 0 Å². The molecule has 0 fully saturated rings. The van der Waals surface area contributed by atoms with E-state index in [4.69, 9.17) is 9.47 Å². The van der Waals surface area contributed by atoms with Crippen LogP contribution in [0.25, 0.3) is 22.3 Å². The van der Waals surface area contributed by atoms with Gasteiger partial charge in [-0.3, -0.25) is 4.79 Å². The zero-order valence-electron chi connectivity index (χ0n) is 22.6. The highest BCUT2D eigenvalue weighted by Crippen LogP contribution is 2.45. The Morgan fingerprint density at radius 2 is 0.976 bits per heavy atom. The maximum atomic E-state index is 12.7. The largest absolute Gasteiger partial charge is 0.449 e. The molecule has 1 atom stereocenters. The van der Waals surface area contributed by atoms with Gasteiger partial charge in [-0.25, -0.2) is 9.59 Å². The van der Waals surface area contributed by atoms with Crippen LogP contribution in [0.4, 0.5) is 9.59 Å². The molecule has 41 heavy (non-hydrogen) atoms. The standard InChI is InChI=1S/C34H30N2O5/c1-21(37)32(36-34(39)41-20-31-28-16-8-4-12-24(28)25-13-5-9-17-29(25)31)18-35-33(38)40-19-30-26-14-6-2-10-22(26)23-11-3-7-15-27(23)30/h2-17,30-32H,18-20H2,1H3,(H,35,38)(H,36,39).